The van der Waals surface area contributed by atoms with Crippen LogP contribution in [0.1, 0.15) is 0 Å². The van der Waals surface area contributed by atoms with Crippen LogP contribution < -0.4 is 4.46 Å². The van der Waals surface area contributed by atoms with Crippen molar-refractivity contribution >= 4 is 19.4 Å². The van der Waals surface area contributed by atoms with Crippen molar-refractivity contribution in [3.63, 3.8) is 0 Å². The summed E-state index contributed by atoms with van der Waals surface area (Å²) in [5.41, 5.74) is 0. The number of hydrogen-bond acceptors (Lipinski definition) is 1. The molecule has 3 heteroatoms. The first-order valence-electron chi connectivity index (χ1n) is 3.44. The number of benzene rings is 1. The fourth-order valence-corrected chi connectivity index (χ4v) is 2.00. The molecule has 0 bridgehead atoms. The van der Waals surface area contributed by atoms with Crippen LogP contribution in [-0.2, 0) is 4.74 Å². The van der Waals surface area contributed by atoms with Crippen molar-refractivity contribution in [3.05, 3.63) is 41.3 Å². The molecule has 1 nitrogen and oxygen atoms in total. The second kappa shape index (κ2) is 4.96. The van der Waals surface area contributed by atoms with Gasteiger partial charge in [0.2, 0.25) is 0 Å². The van der Waals surface area contributed by atoms with Crippen LogP contribution in [0.4, 0.5) is 4.39 Å². The number of hydrogen-bond donors (Lipinski definition) is 0. The average Bonchev–Trinajstić information content (AvgIpc) is 2.16. The minimum atomic E-state index is -0.501. The summed E-state index contributed by atoms with van der Waals surface area (Å²) < 4.78 is 18.0. The summed E-state index contributed by atoms with van der Waals surface area (Å²) >= 11 is 0.0291. The van der Waals surface area contributed by atoms with E-state index in [9.17, 15) is 4.39 Å². The van der Waals surface area contributed by atoms with Crippen molar-refractivity contribution in [1.29, 1.82) is 0 Å². The average molecular weight is 231 g/mol. The quantitative estimate of drug-likeness (QED) is 0.564. The molecule has 0 unspecified atom stereocenters. The molecular weight excluding hydrogens is 222 g/mol. The molecule has 0 radical (unpaired) electrons. The van der Waals surface area contributed by atoms with Crippen molar-refractivity contribution in [2.45, 2.75) is 0 Å². The zero-order valence-corrected chi connectivity index (χ0v) is 8.37. The Bertz CT molecular complexity index is 258. The fraction of sp³-hybridized carbons (Fsp3) is 0.111. The number of ether oxygens (including phenoxy) is 1. The van der Waals surface area contributed by atoms with Gasteiger partial charge in [0.15, 0.2) is 0 Å². The maximum atomic E-state index is 12.5. The van der Waals surface area contributed by atoms with Gasteiger partial charge >= 0.3 is 77.0 Å². The molecule has 0 saturated carbocycles. The summed E-state index contributed by atoms with van der Waals surface area (Å²) in [6, 6.07) is 9.26. The van der Waals surface area contributed by atoms with Gasteiger partial charge in [-0.15, -0.1) is 0 Å². The van der Waals surface area contributed by atoms with Gasteiger partial charge < -0.3 is 0 Å². The Morgan fingerprint density at radius 2 is 2.08 bits per heavy atom. The molecule has 12 heavy (non-hydrogen) atoms. The molecule has 0 heterocycles. The predicted octanol–water partition coefficient (Wildman–Crippen LogP) is 1.43. The van der Waals surface area contributed by atoms with E-state index >= 15 is 0 Å². The molecule has 1 aromatic carbocycles. The summed E-state index contributed by atoms with van der Waals surface area (Å²) in [7, 11) is 1.33. The molecular formula is C9H9FOSe. The van der Waals surface area contributed by atoms with Crippen LogP contribution in [-0.4, -0.2) is 22.1 Å². The summed E-state index contributed by atoms with van der Waals surface area (Å²) in [6.07, 6.45) is 0. The third-order valence-corrected chi connectivity index (χ3v) is 3.00. The molecule has 1 aromatic rings. The molecule has 0 amide bonds. The molecule has 0 saturated heterocycles. The molecule has 64 valence electrons. The number of methoxy groups -OCH3 is 1. The Balaban J connectivity index is 2.54. The van der Waals surface area contributed by atoms with Crippen LogP contribution in [0.5, 0.6) is 0 Å². The standard InChI is InChI=1S/C9H9FOSe/c1-11-9(10)7-12-8-5-3-2-4-6-8/h2-7H,1H3/b9-7+. The van der Waals surface area contributed by atoms with Crippen LogP contribution in [0.25, 0.3) is 0 Å². The molecule has 0 aliphatic rings. The van der Waals surface area contributed by atoms with Crippen LogP contribution in [0.15, 0.2) is 41.3 Å². The third-order valence-electron chi connectivity index (χ3n) is 1.23. The SMILES string of the molecule is CO/C(F)=C/[Se]c1ccccc1. The monoisotopic (exact) mass is 232 g/mol. The molecule has 0 spiro atoms. The van der Waals surface area contributed by atoms with Crippen molar-refractivity contribution in [2.24, 2.45) is 0 Å². The summed E-state index contributed by atoms with van der Waals surface area (Å²) in [5, 5.41) is 0. The van der Waals surface area contributed by atoms with E-state index in [4.69, 9.17) is 0 Å². The molecule has 1 rings (SSSR count). The van der Waals surface area contributed by atoms with Crippen LogP contribution in [0.2, 0.25) is 0 Å². The van der Waals surface area contributed by atoms with Gasteiger partial charge in [-0.1, -0.05) is 0 Å². The third kappa shape index (κ3) is 3.07. The predicted molar refractivity (Wildman–Crippen MR) is 48.0 cm³/mol. The molecule has 0 N–H and O–H groups in total. The molecule has 0 fully saturated rings. The van der Waals surface area contributed by atoms with Crippen LogP contribution in [0.3, 0.4) is 0 Å². The fourth-order valence-electron chi connectivity index (χ4n) is 0.662. The van der Waals surface area contributed by atoms with Crippen LogP contribution >= 0.6 is 0 Å². The van der Waals surface area contributed by atoms with Gasteiger partial charge in [-0.05, 0) is 0 Å². The van der Waals surface area contributed by atoms with E-state index in [1.165, 1.54) is 12.1 Å². The maximum absolute atomic E-state index is 12.5. The van der Waals surface area contributed by atoms with Gasteiger partial charge in [0.1, 0.15) is 0 Å². The second-order valence-corrected chi connectivity index (χ2v) is 4.04. The van der Waals surface area contributed by atoms with Gasteiger partial charge in [-0.2, -0.15) is 0 Å². The number of rotatable bonds is 3. The minimum absolute atomic E-state index is 0.0291. The van der Waals surface area contributed by atoms with Gasteiger partial charge in [0.05, 0.1) is 0 Å². The first kappa shape index (κ1) is 9.30. The van der Waals surface area contributed by atoms with E-state index in [0.29, 0.717) is 0 Å². The summed E-state index contributed by atoms with van der Waals surface area (Å²) in [6.45, 7) is 0. The Hall–Kier alpha value is -0.791. The molecule has 0 atom stereocenters. The zero-order valence-electron chi connectivity index (χ0n) is 6.66. The van der Waals surface area contributed by atoms with E-state index in [2.05, 4.69) is 4.74 Å². The van der Waals surface area contributed by atoms with Gasteiger partial charge in [0, 0.05) is 0 Å². The van der Waals surface area contributed by atoms with E-state index in [-0.39, 0.29) is 15.0 Å². The molecule has 0 aliphatic heterocycles. The molecule has 0 aliphatic carbocycles. The van der Waals surface area contributed by atoms with Crippen molar-refractivity contribution in [2.75, 3.05) is 7.11 Å². The normalized spacial score (nSPS) is 11.3. The van der Waals surface area contributed by atoms with Crippen LogP contribution in [0, 0.1) is 0 Å². The van der Waals surface area contributed by atoms with E-state index < -0.39 is 6.01 Å². The van der Waals surface area contributed by atoms with Crippen molar-refractivity contribution < 1.29 is 9.13 Å². The Kier molecular flexibility index (Phi) is 3.85. The van der Waals surface area contributed by atoms with Crippen molar-refractivity contribution in [3.8, 4) is 0 Å². The van der Waals surface area contributed by atoms with Gasteiger partial charge in [-0.3, -0.25) is 0 Å². The summed E-state index contributed by atoms with van der Waals surface area (Å²) in [5.74, 6) is 0. The topological polar surface area (TPSA) is 9.23 Å². The van der Waals surface area contributed by atoms with Gasteiger partial charge in [-0.25, -0.2) is 0 Å². The van der Waals surface area contributed by atoms with E-state index in [1.807, 2.05) is 30.3 Å². The van der Waals surface area contributed by atoms with Gasteiger partial charge in [0.25, 0.3) is 0 Å². The van der Waals surface area contributed by atoms with E-state index in [0.717, 1.165) is 4.46 Å². The Morgan fingerprint density at radius 3 is 2.67 bits per heavy atom. The Morgan fingerprint density at radius 1 is 1.42 bits per heavy atom. The second-order valence-electron chi connectivity index (χ2n) is 2.06. The van der Waals surface area contributed by atoms with E-state index in [1.54, 1.807) is 0 Å². The Labute approximate surface area is 77.4 Å². The van der Waals surface area contributed by atoms with Crippen molar-refractivity contribution in [1.82, 2.24) is 0 Å². The number of halogens is 1. The molecule has 0 aromatic heterocycles. The first-order chi connectivity index (χ1) is 5.83. The first-order valence-corrected chi connectivity index (χ1v) is 5.29. The zero-order chi connectivity index (χ0) is 8.81. The summed E-state index contributed by atoms with van der Waals surface area (Å²) in [4.78, 5) is 1.47.